The molecule has 1 heterocycles. The van der Waals surface area contributed by atoms with Gasteiger partial charge in [-0.05, 0) is 36.3 Å². The number of carbonyl (C=O) groups excluding carboxylic acids is 1. The molecule has 2 unspecified atom stereocenters. The normalized spacial score (nSPS) is 20.7. The number of β-amino-alcohol motifs (C(OH)–C–C–N with tert-alkyl or cyclic N) is 1. The van der Waals surface area contributed by atoms with Crippen molar-refractivity contribution in [2.75, 3.05) is 6.54 Å². The van der Waals surface area contributed by atoms with Gasteiger partial charge in [0.25, 0.3) is 0 Å². The molecule has 2 atom stereocenters. The molecule has 1 N–H and O–H groups in total. The van der Waals surface area contributed by atoms with Crippen molar-refractivity contribution in [2.24, 2.45) is 0 Å². The lowest BCUT2D eigenvalue weighted by Gasteiger charge is -2.24. The highest BCUT2D eigenvalue weighted by Gasteiger charge is 2.36. The number of hydrogen-bond acceptors (Lipinski definition) is 2. The molecule has 1 aliphatic rings. The average molecular weight is 329 g/mol. The van der Waals surface area contributed by atoms with Crippen LogP contribution in [0.15, 0.2) is 54.6 Å². The number of nitrogens with zero attached hydrogens (tertiary/aromatic N) is 1. The van der Waals surface area contributed by atoms with Gasteiger partial charge in [-0.2, -0.15) is 0 Å². The number of amides is 1. The van der Waals surface area contributed by atoms with Gasteiger partial charge in [-0.3, -0.25) is 4.79 Å². The molecule has 0 saturated carbocycles. The number of aliphatic hydroxyl groups excluding tert-OH is 1. The van der Waals surface area contributed by atoms with E-state index in [2.05, 4.69) is 0 Å². The first-order valence-corrected chi connectivity index (χ1v) is 7.71. The molecule has 2 aromatic carbocycles. The van der Waals surface area contributed by atoms with Crippen LogP contribution in [-0.2, 0) is 4.79 Å². The molecule has 0 aromatic heterocycles. The lowest BCUT2D eigenvalue weighted by Crippen LogP contribution is -2.30. The topological polar surface area (TPSA) is 40.5 Å². The first-order valence-electron chi connectivity index (χ1n) is 7.71. The van der Waals surface area contributed by atoms with Gasteiger partial charge >= 0.3 is 0 Å². The minimum atomic E-state index is -0.758. The second-order valence-corrected chi connectivity index (χ2v) is 5.81. The summed E-state index contributed by atoms with van der Waals surface area (Å²) in [6.45, 7) is 0.0958. The van der Waals surface area contributed by atoms with Crippen LogP contribution in [0.3, 0.4) is 0 Å². The van der Waals surface area contributed by atoms with Crippen molar-refractivity contribution in [1.82, 2.24) is 4.90 Å². The van der Waals surface area contributed by atoms with E-state index in [-0.39, 0.29) is 24.4 Å². The predicted octanol–water partition coefficient (Wildman–Crippen LogP) is 3.31. The van der Waals surface area contributed by atoms with Crippen LogP contribution in [0.1, 0.15) is 23.6 Å². The fourth-order valence-electron chi connectivity index (χ4n) is 2.95. The van der Waals surface area contributed by atoms with E-state index in [4.69, 9.17) is 0 Å². The van der Waals surface area contributed by atoms with Crippen LogP contribution in [0.2, 0.25) is 0 Å². The highest BCUT2D eigenvalue weighted by atomic mass is 19.1. The zero-order chi connectivity index (χ0) is 17.1. The Hall–Kier alpha value is -2.53. The van der Waals surface area contributed by atoms with Crippen molar-refractivity contribution in [3.8, 4) is 0 Å². The van der Waals surface area contributed by atoms with Gasteiger partial charge in [0.15, 0.2) is 0 Å². The Morgan fingerprint density at radius 1 is 1.17 bits per heavy atom. The molecule has 5 heteroatoms. The number of aliphatic hydroxyl groups is 1. The quantitative estimate of drug-likeness (QED) is 0.878. The van der Waals surface area contributed by atoms with Crippen molar-refractivity contribution in [3.63, 3.8) is 0 Å². The Balaban J connectivity index is 1.84. The summed E-state index contributed by atoms with van der Waals surface area (Å²) in [5.74, 6) is -1.50. The molecule has 24 heavy (non-hydrogen) atoms. The molecule has 124 valence electrons. The zero-order valence-corrected chi connectivity index (χ0v) is 12.9. The van der Waals surface area contributed by atoms with E-state index in [1.807, 2.05) is 30.3 Å². The van der Waals surface area contributed by atoms with E-state index < -0.39 is 23.8 Å². The Morgan fingerprint density at radius 2 is 1.92 bits per heavy atom. The predicted molar refractivity (Wildman–Crippen MR) is 86.9 cm³/mol. The minimum Gasteiger partial charge on any atom is -0.391 e. The van der Waals surface area contributed by atoms with Crippen molar-refractivity contribution in [2.45, 2.75) is 18.6 Å². The average Bonchev–Trinajstić information content (AvgIpc) is 2.97. The third-order valence-corrected chi connectivity index (χ3v) is 4.10. The molecule has 0 bridgehead atoms. The highest BCUT2D eigenvalue weighted by molar-refractivity contribution is 5.92. The molecule has 1 saturated heterocycles. The number of halogens is 2. The van der Waals surface area contributed by atoms with Crippen molar-refractivity contribution >= 4 is 12.0 Å². The summed E-state index contributed by atoms with van der Waals surface area (Å²) in [4.78, 5) is 13.8. The third kappa shape index (κ3) is 3.51. The minimum absolute atomic E-state index is 0.0908. The van der Waals surface area contributed by atoms with Crippen molar-refractivity contribution < 1.29 is 18.7 Å². The molecule has 1 fully saturated rings. The van der Waals surface area contributed by atoms with Crippen molar-refractivity contribution in [1.29, 1.82) is 0 Å². The van der Waals surface area contributed by atoms with Crippen LogP contribution < -0.4 is 0 Å². The van der Waals surface area contributed by atoms with Gasteiger partial charge in [0.2, 0.25) is 5.91 Å². The number of rotatable bonds is 3. The SMILES string of the molecule is O=C(/C=C/c1ccccc1)N1CC(O)CC1c1cc(F)ccc1F. The second kappa shape index (κ2) is 6.93. The molecule has 3 nitrogen and oxygen atoms in total. The van der Waals surface area contributed by atoms with Crippen molar-refractivity contribution in [3.05, 3.63) is 77.4 Å². The Bertz CT molecular complexity index is 761. The summed E-state index contributed by atoms with van der Waals surface area (Å²) >= 11 is 0. The summed E-state index contributed by atoms with van der Waals surface area (Å²) in [5.41, 5.74) is 0.951. The van der Waals surface area contributed by atoms with E-state index in [9.17, 15) is 18.7 Å². The van der Waals surface area contributed by atoms with E-state index in [0.717, 1.165) is 23.8 Å². The zero-order valence-electron chi connectivity index (χ0n) is 12.9. The lowest BCUT2D eigenvalue weighted by molar-refractivity contribution is -0.127. The number of likely N-dealkylation sites (tertiary alicyclic amines) is 1. The van der Waals surface area contributed by atoms with Crippen LogP contribution in [0.25, 0.3) is 6.08 Å². The van der Waals surface area contributed by atoms with Crippen LogP contribution in [0.4, 0.5) is 8.78 Å². The largest absolute Gasteiger partial charge is 0.391 e. The smallest absolute Gasteiger partial charge is 0.247 e. The van der Waals surface area contributed by atoms with Gasteiger partial charge in [0.1, 0.15) is 11.6 Å². The van der Waals surface area contributed by atoms with Crippen LogP contribution in [-0.4, -0.2) is 28.6 Å². The van der Waals surface area contributed by atoms with E-state index in [0.29, 0.717) is 0 Å². The van der Waals surface area contributed by atoms with E-state index in [1.54, 1.807) is 6.08 Å². The molecule has 3 rings (SSSR count). The Labute approximate surface area is 138 Å². The summed E-state index contributed by atoms with van der Waals surface area (Å²) in [7, 11) is 0. The fourth-order valence-corrected chi connectivity index (χ4v) is 2.95. The standard InChI is InChI=1S/C19H17F2NO2/c20-14-7-8-17(21)16(10-14)18-11-15(23)12-22(18)19(24)9-6-13-4-2-1-3-5-13/h1-10,15,18,23H,11-12H2/b9-6+. The molecule has 1 amide bonds. The van der Waals surface area contributed by atoms with E-state index >= 15 is 0 Å². The van der Waals surface area contributed by atoms with Gasteiger partial charge in [0.05, 0.1) is 12.1 Å². The Morgan fingerprint density at radius 3 is 2.67 bits per heavy atom. The maximum Gasteiger partial charge on any atom is 0.247 e. The number of benzene rings is 2. The monoisotopic (exact) mass is 329 g/mol. The third-order valence-electron chi connectivity index (χ3n) is 4.10. The summed E-state index contributed by atoms with van der Waals surface area (Å²) < 4.78 is 27.5. The van der Waals surface area contributed by atoms with Gasteiger partial charge in [0, 0.05) is 18.2 Å². The maximum atomic E-state index is 14.0. The first-order chi connectivity index (χ1) is 11.5. The van der Waals surface area contributed by atoms with Crippen LogP contribution in [0.5, 0.6) is 0 Å². The summed E-state index contributed by atoms with van der Waals surface area (Å²) in [5, 5.41) is 9.89. The molecular weight excluding hydrogens is 312 g/mol. The van der Waals surface area contributed by atoms with E-state index in [1.165, 1.54) is 11.0 Å². The van der Waals surface area contributed by atoms with Gasteiger partial charge < -0.3 is 10.0 Å². The summed E-state index contributed by atoms with van der Waals surface area (Å²) in [6.07, 6.45) is 2.47. The molecule has 2 aromatic rings. The molecule has 0 radical (unpaired) electrons. The molecular formula is C19H17F2NO2. The Kier molecular flexibility index (Phi) is 4.71. The first kappa shape index (κ1) is 16.3. The molecule has 0 aliphatic carbocycles. The van der Waals surface area contributed by atoms with Gasteiger partial charge in [-0.15, -0.1) is 0 Å². The number of hydrogen-bond donors (Lipinski definition) is 1. The van der Waals surface area contributed by atoms with Crippen LogP contribution >= 0.6 is 0 Å². The molecule has 1 aliphatic heterocycles. The van der Waals surface area contributed by atoms with Gasteiger partial charge in [-0.25, -0.2) is 8.78 Å². The second-order valence-electron chi connectivity index (χ2n) is 5.81. The lowest BCUT2D eigenvalue weighted by atomic mass is 10.0. The number of carbonyl (C=O) groups is 1. The highest BCUT2D eigenvalue weighted by Crippen LogP contribution is 2.34. The van der Waals surface area contributed by atoms with Gasteiger partial charge in [-0.1, -0.05) is 30.3 Å². The maximum absolute atomic E-state index is 14.0. The van der Waals surface area contributed by atoms with Crippen LogP contribution in [0, 0.1) is 11.6 Å². The fraction of sp³-hybridized carbons (Fsp3) is 0.211. The summed E-state index contributed by atoms with van der Waals surface area (Å²) in [6, 6.07) is 11.8. The molecule has 0 spiro atoms.